The Morgan fingerprint density at radius 3 is 2.89 bits per heavy atom. The molecule has 100 valence electrons. The lowest BCUT2D eigenvalue weighted by Crippen LogP contribution is -2.28. The fourth-order valence-corrected chi connectivity index (χ4v) is 4.34. The second kappa shape index (κ2) is 6.63. The van der Waals surface area contributed by atoms with E-state index in [1.165, 1.54) is 31.2 Å². The van der Waals surface area contributed by atoms with Gasteiger partial charge in [-0.3, -0.25) is 0 Å². The van der Waals surface area contributed by atoms with Gasteiger partial charge in [-0.1, -0.05) is 38.1 Å². The molecule has 0 saturated heterocycles. The summed E-state index contributed by atoms with van der Waals surface area (Å²) in [7, 11) is 2.11. The standard InChI is InChI=1S/C16H25NS/c1-4-12(2)18-15-11-7-9-13-8-5-6-10-14(13)16(15)17-3/h5-6,8,10,12,15-17H,4,7,9,11H2,1-3H3. The van der Waals surface area contributed by atoms with E-state index in [0.29, 0.717) is 11.3 Å². The second-order valence-corrected chi connectivity index (χ2v) is 6.93. The van der Waals surface area contributed by atoms with Gasteiger partial charge in [0.2, 0.25) is 0 Å². The van der Waals surface area contributed by atoms with Gasteiger partial charge in [0.15, 0.2) is 0 Å². The van der Waals surface area contributed by atoms with Gasteiger partial charge >= 0.3 is 0 Å². The molecule has 2 rings (SSSR count). The van der Waals surface area contributed by atoms with Crippen molar-refractivity contribution in [2.75, 3.05) is 7.05 Å². The average Bonchev–Trinajstić information content (AvgIpc) is 2.57. The highest BCUT2D eigenvalue weighted by Gasteiger charge is 2.27. The van der Waals surface area contributed by atoms with Crippen molar-refractivity contribution in [1.82, 2.24) is 5.32 Å². The monoisotopic (exact) mass is 263 g/mol. The van der Waals surface area contributed by atoms with Crippen LogP contribution in [0.1, 0.15) is 50.3 Å². The molecule has 0 heterocycles. The molecule has 1 aromatic rings. The third-order valence-electron chi connectivity index (χ3n) is 3.99. The van der Waals surface area contributed by atoms with Gasteiger partial charge in [-0.15, -0.1) is 0 Å². The number of hydrogen-bond donors (Lipinski definition) is 1. The summed E-state index contributed by atoms with van der Waals surface area (Å²) in [5.41, 5.74) is 3.07. The molecule has 1 nitrogen and oxygen atoms in total. The van der Waals surface area contributed by atoms with Gasteiger partial charge in [0, 0.05) is 16.5 Å². The molecular weight excluding hydrogens is 238 g/mol. The number of thioether (sulfide) groups is 1. The van der Waals surface area contributed by atoms with Crippen LogP contribution in [0.25, 0.3) is 0 Å². The molecule has 0 bridgehead atoms. The van der Waals surface area contributed by atoms with Crippen molar-refractivity contribution in [2.45, 2.75) is 56.1 Å². The maximum atomic E-state index is 3.56. The summed E-state index contributed by atoms with van der Waals surface area (Å²) in [4.78, 5) is 0. The summed E-state index contributed by atoms with van der Waals surface area (Å²) in [5, 5.41) is 5.04. The van der Waals surface area contributed by atoms with Gasteiger partial charge in [0.05, 0.1) is 0 Å². The molecule has 18 heavy (non-hydrogen) atoms. The maximum Gasteiger partial charge on any atom is 0.0441 e. The number of nitrogens with one attached hydrogen (secondary N) is 1. The lowest BCUT2D eigenvalue weighted by Gasteiger charge is -2.28. The van der Waals surface area contributed by atoms with Crippen LogP contribution in [0, 0.1) is 0 Å². The molecule has 3 atom stereocenters. The van der Waals surface area contributed by atoms with Crippen LogP contribution >= 0.6 is 11.8 Å². The molecule has 0 aromatic heterocycles. The SMILES string of the molecule is CCC(C)SC1CCCc2ccccc2C1NC. The highest BCUT2D eigenvalue weighted by Crippen LogP contribution is 2.37. The van der Waals surface area contributed by atoms with E-state index in [0.717, 1.165) is 5.25 Å². The van der Waals surface area contributed by atoms with E-state index in [-0.39, 0.29) is 0 Å². The van der Waals surface area contributed by atoms with Gasteiger partial charge in [-0.2, -0.15) is 11.8 Å². The van der Waals surface area contributed by atoms with Gasteiger partial charge in [0.25, 0.3) is 0 Å². The first kappa shape index (κ1) is 14.0. The summed E-state index contributed by atoms with van der Waals surface area (Å²) in [6, 6.07) is 9.48. The Morgan fingerprint density at radius 2 is 2.17 bits per heavy atom. The van der Waals surface area contributed by atoms with E-state index in [1.807, 2.05) is 0 Å². The molecule has 1 aliphatic carbocycles. The van der Waals surface area contributed by atoms with Crippen molar-refractivity contribution >= 4 is 11.8 Å². The first-order valence-corrected chi connectivity index (χ1v) is 8.11. The molecular formula is C16H25NS. The van der Waals surface area contributed by atoms with E-state index in [2.05, 4.69) is 62.2 Å². The topological polar surface area (TPSA) is 12.0 Å². The van der Waals surface area contributed by atoms with Gasteiger partial charge in [-0.05, 0) is 43.9 Å². The summed E-state index contributed by atoms with van der Waals surface area (Å²) >= 11 is 2.17. The van der Waals surface area contributed by atoms with Crippen molar-refractivity contribution in [3.63, 3.8) is 0 Å². The quantitative estimate of drug-likeness (QED) is 0.818. The molecule has 1 N–H and O–H groups in total. The summed E-state index contributed by atoms with van der Waals surface area (Å²) in [6.07, 6.45) is 5.16. The Balaban J connectivity index is 2.22. The second-order valence-electron chi connectivity index (χ2n) is 5.25. The van der Waals surface area contributed by atoms with Crippen molar-refractivity contribution < 1.29 is 0 Å². The minimum Gasteiger partial charge on any atom is -0.312 e. The van der Waals surface area contributed by atoms with E-state index >= 15 is 0 Å². The zero-order valence-electron chi connectivity index (χ0n) is 11.8. The smallest absolute Gasteiger partial charge is 0.0441 e. The van der Waals surface area contributed by atoms with Crippen molar-refractivity contribution in [3.8, 4) is 0 Å². The molecule has 0 fully saturated rings. The molecule has 0 saturated carbocycles. The zero-order chi connectivity index (χ0) is 13.0. The largest absolute Gasteiger partial charge is 0.312 e. The summed E-state index contributed by atoms with van der Waals surface area (Å²) < 4.78 is 0. The lowest BCUT2D eigenvalue weighted by atomic mass is 9.99. The highest BCUT2D eigenvalue weighted by molar-refractivity contribution is 8.00. The van der Waals surface area contributed by atoms with Crippen LogP contribution in [0.2, 0.25) is 0 Å². The Labute approximate surface area is 116 Å². The van der Waals surface area contributed by atoms with Crippen molar-refractivity contribution in [1.29, 1.82) is 0 Å². The molecule has 0 spiro atoms. The lowest BCUT2D eigenvalue weighted by molar-refractivity contribution is 0.546. The number of benzene rings is 1. The molecule has 3 unspecified atom stereocenters. The molecule has 1 aromatic carbocycles. The molecule has 2 heteroatoms. The molecule has 0 amide bonds. The van der Waals surface area contributed by atoms with Crippen LogP contribution in [0.5, 0.6) is 0 Å². The predicted molar refractivity (Wildman–Crippen MR) is 82.3 cm³/mol. The van der Waals surface area contributed by atoms with Gasteiger partial charge < -0.3 is 5.32 Å². The Bertz CT molecular complexity index is 377. The Hall–Kier alpha value is -0.470. The van der Waals surface area contributed by atoms with Crippen molar-refractivity contribution in [3.05, 3.63) is 35.4 Å². The number of fused-ring (bicyclic) bond motifs is 1. The summed E-state index contributed by atoms with van der Waals surface area (Å²) in [5.74, 6) is 0. The van der Waals surface area contributed by atoms with E-state index in [1.54, 1.807) is 5.56 Å². The Morgan fingerprint density at radius 1 is 1.39 bits per heavy atom. The average molecular weight is 263 g/mol. The van der Waals surface area contributed by atoms with Gasteiger partial charge in [-0.25, -0.2) is 0 Å². The first-order chi connectivity index (χ1) is 8.76. The Kier molecular flexibility index (Phi) is 5.13. The number of hydrogen-bond acceptors (Lipinski definition) is 2. The number of rotatable bonds is 4. The predicted octanol–water partition coefficient (Wildman–Crippen LogP) is 4.18. The van der Waals surface area contributed by atoms with Crippen LogP contribution in [-0.4, -0.2) is 17.5 Å². The maximum absolute atomic E-state index is 3.56. The fraction of sp³-hybridized carbons (Fsp3) is 0.625. The third kappa shape index (κ3) is 3.10. The fourth-order valence-electron chi connectivity index (χ4n) is 2.81. The molecule has 0 aliphatic heterocycles. The van der Waals surface area contributed by atoms with Crippen molar-refractivity contribution in [2.24, 2.45) is 0 Å². The van der Waals surface area contributed by atoms with Crippen LogP contribution in [0.3, 0.4) is 0 Å². The van der Waals surface area contributed by atoms with Crippen LogP contribution in [0.4, 0.5) is 0 Å². The minimum atomic E-state index is 0.516. The third-order valence-corrected chi connectivity index (χ3v) is 5.65. The normalized spacial score (nSPS) is 25.3. The van der Waals surface area contributed by atoms with Crippen LogP contribution in [0.15, 0.2) is 24.3 Å². The van der Waals surface area contributed by atoms with Crippen LogP contribution in [-0.2, 0) is 6.42 Å². The summed E-state index contributed by atoms with van der Waals surface area (Å²) in [6.45, 7) is 4.64. The minimum absolute atomic E-state index is 0.516. The zero-order valence-corrected chi connectivity index (χ0v) is 12.6. The van der Waals surface area contributed by atoms with E-state index in [9.17, 15) is 0 Å². The van der Waals surface area contributed by atoms with Crippen LogP contribution < -0.4 is 5.32 Å². The molecule has 0 radical (unpaired) electrons. The van der Waals surface area contributed by atoms with E-state index < -0.39 is 0 Å². The van der Waals surface area contributed by atoms with Gasteiger partial charge in [0.1, 0.15) is 0 Å². The van der Waals surface area contributed by atoms with E-state index in [4.69, 9.17) is 0 Å². The molecule has 1 aliphatic rings. The number of aryl methyl sites for hydroxylation is 1. The first-order valence-electron chi connectivity index (χ1n) is 7.16. The highest BCUT2D eigenvalue weighted by atomic mass is 32.2.